The molecule has 8 heavy (non-hydrogen) atoms. The van der Waals surface area contributed by atoms with Crippen molar-refractivity contribution in [1.29, 1.82) is 0 Å². The zero-order chi connectivity index (χ0) is 5.98. The first kappa shape index (κ1) is 5.56. The van der Waals surface area contributed by atoms with E-state index in [-0.39, 0.29) is 18.5 Å². The van der Waals surface area contributed by atoms with E-state index in [1.165, 1.54) is 0 Å². The van der Waals surface area contributed by atoms with E-state index in [1.807, 2.05) is 0 Å². The van der Waals surface area contributed by atoms with Gasteiger partial charge in [0, 0.05) is 12.5 Å². The highest BCUT2D eigenvalue weighted by molar-refractivity contribution is 5.71. The molecular weight excluding hydrogens is 108 g/mol. The van der Waals surface area contributed by atoms with Crippen LogP contribution >= 0.6 is 0 Å². The van der Waals surface area contributed by atoms with Gasteiger partial charge in [-0.25, -0.2) is 0 Å². The van der Waals surface area contributed by atoms with Crippen molar-refractivity contribution in [2.45, 2.75) is 6.42 Å². The Morgan fingerprint density at radius 3 is 2.88 bits per heavy atom. The average molecular weight is 116 g/mol. The summed E-state index contributed by atoms with van der Waals surface area (Å²) < 4.78 is 4.56. The first-order valence-corrected chi connectivity index (χ1v) is 2.59. The van der Waals surface area contributed by atoms with Gasteiger partial charge < -0.3 is 9.84 Å². The molecule has 0 radical (unpaired) electrons. The van der Waals surface area contributed by atoms with E-state index >= 15 is 0 Å². The third kappa shape index (κ3) is 0.980. The van der Waals surface area contributed by atoms with Gasteiger partial charge in [0.25, 0.3) is 0 Å². The summed E-state index contributed by atoms with van der Waals surface area (Å²) in [7, 11) is 0. The summed E-state index contributed by atoms with van der Waals surface area (Å²) in [5.74, 6) is -0.133. The normalized spacial score (nSPS) is 28.1. The fourth-order valence-electron chi connectivity index (χ4n) is 0.682. The van der Waals surface area contributed by atoms with Gasteiger partial charge in [0.1, 0.15) is 0 Å². The quantitative estimate of drug-likeness (QED) is 0.471. The molecule has 1 rings (SSSR count). The van der Waals surface area contributed by atoms with Crippen molar-refractivity contribution in [3.63, 3.8) is 0 Å². The molecule has 0 aliphatic carbocycles. The number of hydrogen-bond donors (Lipinski definition) is 1. The molecule has 46 valence electrons. The van der Waals surface area contributed by atoms with E-state index in [9.17, 15) is 4.79 Å². The number of hydrogen-bond acceptors (Lipinski definition) is 3. The lowest BCUT2D eigenvalue weighted by Crippen LogP contribution is -2.03. The van der Waals surface area contributed by atoms with Gasteiger partial charge in [0.2, 0.25) is 0 Å². The molecule has 0 saturated carbocycles. The van der Waals surface area contributed by atoms with Crippen LogP contribution in [0.2, 0.25) is 0 Å². The number of carbonyl (C=O) groups is 1. The minimum absolute atomic E-state index is 0.0579. The Labute approximate surface area is 47.3 Å². The first-order chi connectivity index (χ1) is 3.83. The molecule has 0 aromatic rings. The average Bonchev–Trinajstić information content (AvgIpc) is 2.14. The lowest BCUT2D eigenvalue weighted by molar-refractivity contribution is -0.137. The minimum Gasteiger partial charge on any atom is -0.465 e. The maximum Gasteiger partial charge on any atom is 0.306 e. The monoisotopic (exact) mass is 116 g/mol. The second-order valence-electron chi connectivity index (χ2n) is 1.94. The number of ether oxygens (including phenoxy) is 1. The predicted octanol–water partition coefficient (Wildman–Crippen LogP) is -0.458. The van der Waals surface area contributed by atoms with E-state index < -0.39 is 0 Å². The molecule has 1 saturated heterocycles. The Hall–Kier alpha value is -0.570. The van der Waals surface area contributed by atoms with Crippen LogP contribution in [0.3, 0.4) is 0 Å². The Morgan fingerprint density at radius 2 is 2.62 bits per heavy atom. The Bertz CT molecular complexity index is 99.8. The fraction of sp³-hybridized carbons (Fsp3) is 0.800. The van der Waals surface area contributed by atoms with E-state index in [4.69, 9.17) is 5.11 Å². The number of carbonyl (C=O) groups excluding carboxylic acids is 1. The molecule has 3 heteroatoms. The maximum absolute atomic E-state index is 10.3. The Balaban J connectivity index is 2.32. The molecule has 1 atom stereocenters. The molecule has 1 heterocycles. The van der Waals surface area contributed by atoms with E-state index in [2.05, 4.69) is 4.74 Å². The second-order valence-corrected chi connectivity index (χ2v) is 1.94. The lowest BCUT2D eigenvalue weighted by atomic mass is 10.1. The van der Waals surface area contributed by atoms with Crippen molar-refractivity contribution in [1.82, 2.24) is 0 Å². The molecule has 0 aromatic carbocycles. The van der Waals surface area contributed by atoms with Gasteiger partial charge in [-0.2, -0.15) is 0 Å². The SMILES string of the molecule is O=C1CC(CO)CO1. The number of rotatable bonds is 1. The zero-order valence-electron chi connectivity index (χ0n) is 4.46. The molecule has 1 unspecified atom stereocenters. The highest BCUT2D eigenvalue weighted by Gasteiger charge is 2.22. The van der Waals surface area contributed by atoms with Crippen LogP contribution in [0.4, 0.5) is 0 Å². The number of aliphatic hydroxyl groups is 1. The van der Waals surface area contributed by atoms with Crippen LogP contribution in [0.15, 0.2) is 0 Å². The Morgan fingerprint density at radius 1 is 1.88 bits per heavy atom. The fourth-order valence-corrected chi connectivity index (χ4v) is 0.682. The van der Waals surface area contributed by atoms with Crippen molar-refractivity contribution in [3.8, 4) is 0 Å². The van der Waals surface area contributed by atoms with Gasteiger partial charge in [0.15, 0.2) is 0 Å². The molecule has 1 aliphatic heterocycles. The highest BCUT2D eigenvalue weighted by atomic mass is 16.5. The van der Waals surface area contributed by atoms with Gasteiger partial charge in [-0.05, 0) is 0 Å². The van der Waals surface area contributed by atoms with Crippen molar-refractivity contribution >= 4 is 5.97 Å². The van der Waals surface area contributed by atoms with Crippen LogP contribution in [-0.2, 0) is 9.53 Å². The highest BCUT2D eigenvalue weighted by Crippen LogP contribution is 2.11. The van der Waals surface area contributed by atoms with Gasteiger partial charge in [-0.3, -0.25) is 4.79 Å². The number of cyclic esters (lactones) is 1. The number of esters is 1. The van der Waals surface area contributed by atoms with Crippen LogP contribution in [-0.4, -0.2) is 24.3 Å². The molecule has 0 amide bonds. The summed E-state index contributed by atoms with van der Waals surface area (Å²) in [4.78, 5) is 10.3. The molecular formula is C5H8O3. The molecule has 3 nitrogen and oxygen atoms in total. The Kier molecular flexibility index (Phi) is 1.48. The van der Waals surface area contributed by atoms with Crippen molar-refractivity contribution in [3.05, 3.63) is 0 Å². The van der Waals surface area contributed by atoms with Crippen LogP contribution in [0.1, 0.15) is 6.42 Å². The van der Waals surface area contributed by atoms with E-state index in [1.54, 1.807) is 0 Å². The molecule has 0 bridgehead atoms. The summed E-state index contributed by atoms with van der Waals surface area (Å²) in [5, 5.41) is 8.45. The maximum atomic E-state index is 10.3. The molecule has 0 spiro atoms. The van der Waals surface area contributed by atoms with Crippen molar-refractivity contribution in [2.75, 3.05) is 13.2 Å². The molecule has 1 N–H and O–H groups in total. The van der Waals surface area contributed by atoms with Gasteiger partial charge in [-0.1, -0.05) is 0 Å². The van der Waals surface area contributed by atoms with E-state index in [0.717, 1.165) is 0 Å². The molecule has 1 aliphatic rings. The summed E-state index contributed by atoms with van der Waals surface area (Å²) in [6.45, 7) is 0.459. The number of aliphatic hydroxyl groups excluding tert-OH is 1. The van der Waals surface area contributed by atoms with Crippen LogP contribution < -0.4 is 0 Å². The topological polar surface area (TPSA) is 46.5 Å². The summed E-state index contributed by atoms with van der Waals surface area (Å²) >= 11 is 0. The summed E-state index contributed by atoms with van der Waals surface area (Å²) in [5.41, 5.74) is 0. The van der Waals surface area contributed by atoms with Crippen molar-refractivity contribution in [2.24, 2.45) is 5.92 Å². The third-order valence-electron chi connectivity index (χ3n) is 1.19. The standard InChI is InChI=1S/C5H8O3/c6-2-4-1-5(7)8-3-4/h4,6H,1-3H2. The second kappa shape index (κ2) is 2.13. The smallest absolute Gasteiger partial charge is 0.306 e. The third-order valence-corrected chi connectivity index (χ3v) is 1.19. The van der Waals surface area contributed by atoms with Gasteiger partial charge in [-0.15, -0.1) is 0 Å². The molecule has 0 aromatic heterocycles. The first-order valence-electron chi connectivity index (χ1n) is 2.59. The van der Waals surface area contributed by atoms with Gasteiger partial charge >= 0.3 is 5.97 Å². The summed E-state index contributed by atoms with van der Waals surface area (Å²) in [6.07, 6.45) is 0.385. The lowest BCUT2D eigenvalue weighted by Gasteiger charge is -1.94. The zero-order valence-corrected chi connectivity index (χ0v) is 4.46. The van der Waals surface area contributed by atoms with Crippen LogP contribution in [0, 0.1) is 5.92 Å². The van der Waals surface area contributed by atoms with Crippen LogP contribution in [0.5, 0.6) is 0 Å². The minimum atomic E-state index is -0.191. The predicted molar refractivity (Wildman–Crippen MR) is 26.2 cm³/mol. The summed E-state index contributed by atoms with van der Waals surface area (Å²) in [6, 6.07) is 0. The van der Waals surface area contributed by atoms with Crippen molar-refractivity contribution < 1.29 is 14.6 Å². The van der Waals surface area contributed by atoms with Gasteiger partial charge in [0.05, 0.1) is 13.0 Å². The molecule has 1 fully saturated rings. The largest absolute Gasteiger partial charge is 0.465 e. The van der Waals surface area contributed by atoms with Crippen LogP contribution in [0.25, 0.3) is 0 Å². The van der Waals surface area contributed by atoms with E-state index in [0.29, 0.717) is 13.0 Å².